The molecule has 0 amide bonds. The van der Waals surface area contributed by atoms with E-state index in [1.165, 1.54) is 31.3 Å². The molecule has 1 N–H and O–H groups in total. The Labute approximate surface area is 262 Å². The van der Waals surface area contributed by atoms with Crippen molar-refractivity contribution in [3.05, 3.63) is 63.1 Å². The van der Waals surface area contributed by atoms with Gasteiger partial charge in [0.1, 0.15) is 18.6 Å². The average Bonchev–Trinajstić information content (AvgIpc) is 3.03. The highest BCUT2D eigenvalue weighted by Gasteiger charge is 2.35. The van der Waals surface area contributed by atoms with Gasteiger partial charge in [-0.05, 0) is 36.4 Å². The first-order chi connectivity index (χ1) is 21.1. The topological polar surface area (TPSA) is 120 Å². The van der Waals surface area contributed by atoms with Crippen molar-refractivity contribution in [2.75, 3.05) is 58.6 Å². The zero-order chi connectivity index (χ0) is 33.8. The van der Waals surface area contributed by atoms with E-state index < -0.39 is 35.5 Å². The van der Waals surface area contributed by atoms with Crippen LogP contribution in [0.1, 0.15) is 31.8 Å². The second-order valence-electron chi connectivity index (χ2n) is 9.23. The quantitative estimate of drug-likeness (QED) is 0.272. The van der Waals surface area contributed by atoms with Gasteiger partial charge >= 0.3 is 24.3 Å². The van der Waals surface area contributed by atoms with Crippen LogP contribution in [-0.4, -0.2) is 90.3 Å². The first-order valence-corrected chi connectivity index (χ1v) is 13.8. The molecule has 2 aliphatic rings. The molecule has 10 nitrogen and oxygen atoms in total. The summed E-state index contributed by atoms with van der Waals surface area (Å²) in [6, 6.07) is 4.93. The van der Waals surface area contributed by atoms with Crippen LogP contribution in [-0.2, 0) is 40.9 Å². The van der Waals surface area contributed by atoms with Gasteiger partial charge in [-0.1, -0.05) is 15.9 Å². The summed E-state index contributed by atoms with van der Waals surface area (Å²) < 4.78 is 94.8. The van der Waals surface area contributed by atoms with Gasteiger partial charge in [0, 0.05) is 34.4 Å². The predicted molar refractivity (Wildman–Crippen MR) is 150 cm³/mol. The molecule has 2 saturated heterocycles. The SMILES string of the molecule is COC(=O)C1COCCN1.COC(=O)C1COCCN1c1cc(C=O)cc(C(F)(F)F)c1.O=Cc1cc(Br)cc(C(F)(F)F)c1. The summed E-state index contributed by atoms with van der Waals surface area (Å²) in [6.45, 7) is 2.32. The van der Waals surface area contributed by atoms with E-state index in [9.17, 15) is 45.5 Å². The number of benzene rings is 2. The van der Waals surface area contributed by atoms with Gasteiger partial charge in [-0.2, -0.15) is 26.3 Å². The zero-order valence-electron chi connectivity index (χ0n) is 23.9. The Bertz CT molecular complexity index is 1320. The maximum atomic E-state index is 12.9. The number of halogens is 7. The Morgan fingerprint density at radius 1 is 0.844 bits per heavy atom. The molecule has 2 unspecified atom stereocenters. The van der Waals surface area contributed by atoms with Crippen LogP contribution in [0.5, 0.6) is 0 Å². The standard InChI is InChI=1S/C14H14F3NO4.C8H4BrF3O.C6H11NO3/c1-21-13(20)12-8-22-3-2-18(12)11-5-9(7-19)4-10(6-11)14(15,16)17;9-7-2-5(4-13)1-6(3-7)8(10,11)12;1-9-6(8)5-4-10-3-2-7-5/h4-7,12H,2-3,8H2,1H3;1-4H;5,7H,2-4H2,1H3. The van der Waals surface area contributed by atoms with Gasteiger partial charge < -0.3 is 29.2 Å². The Kier molecular flexibility index (Phi) is 14.4. The number of nitrogens with zero attached hydrogens (tertiary/aromatic N) is 1. The number of nitrogens with one attached hydrogen (secondary N) is 1. The van der Waals surface area contributed by atoms with Crippen LogP contribution in [0.2, 0.25) is 0 Å². The summed E-state index contributed by atoms with van der Waals surface area (Å²) in [4.78, 5) is 45.1. The summed E-state index contributed by atoms with van der Waals surface area (Å²) in [7, 11) is 2.57. The zero-order valence-corrected chi connectivity index (χ0v) is 25.5. The molecular formula is C28H29BrF6N2O8. The smallest absolute Gasteiger partial charge is 0.416 e. The average molecular weight is 715 g/mol. The van der Waals surface area contributed by atoms with E-state index in [0.29, 0.717) is 25.8 Å². The number of alkyl halides is 6. The van der Waals surface area contributed by atoms with Crippen LogP contribution in [0.4, 0.5) is 32.0 Å². The Balaban J connectivity index is 0.000000259. The summed E-state index contributed by atoms with van der Waals surface area (Å²) in [6.07, 6.45) is -8.28. The molecule has 17 heteroatoms. The number of carbonyl (C=O) groups excluding carboxylic acids is 4. The number of rotatable bonds is 5. The van der Waals surface area contributed by atoms with E-state index in [1.807, 2.05) is 0 Å². The second-order valence-corrected chi connectivity index (χ2v) is 10.1. The van der Waals surface area contributed by atoms with Crippen LogP contribution < -0.4 is 10.2 Å². The highest BCUT2D eigenvalue weighted by atomic mass is 79.9. The number of ether oxygens (including phenoxy) is 4. The number of carbonyl (C=O) groups is 4. The van der Waals surface area contributed by atoms with Gasteiger partial charge in [0.15, 0.2) is 6.04 Å². The highest BCUT2D eigenvalue weighted by Crippen LogP contribution is 2.34. The van der Waals surface area contributed by atoms with Crippen LogP contribution in [0.25, 0.3) is 0 Å². The summed E-state index contributed by atoms with van der Waals surface area (Å²) >= 11 is 2.89. The first kappa shape index (κ1) is 37.6. The lowest BCUT2D eigenvalue weighted by atomic mass is 10.1. The molecule has 0 spiro atoms. The van der Waals surface area contributed by atoms with Crippen LogP contribution in [0, 0.1) is 0 Å². The molecule has 4 rings (SSSR count). The van der Waals surface area contributed by atoms with Gasteiger partial charge in [0.2, 0.25) is 0 Å². The molecule has 2 aromatic carbocycles. The molecule has 2 heterocycles. The minimum atomic E-state index is -4.58. The van der Waals surface area contributed by atoms with Crippen molar-refractivity contribution in [2.24, 2.45) is 0 Å². The maximum Gasteiger partial charge on any atom is 0.416 e. The van der Waals surface area contributed by atoms with Crippen LogP contribution >= 0.6 is 15.9 Å². The highest BCUT2D eigenvalue weighted by molar-refractivity contribution is 9.10. The van der Waals surface area contributed by atoms with E-state index in [-0.39, 0.29) is 53.1 Å². The Morgan fingerprint density at radius 3 is 1.91 bits per heavy atom. The summed E-state index contributed by atoms with van der Waals surface area (Å²) in [5.74, 6) is -0.857. The minimum Gasteiger partial charge on any atom is -0.468 e. The van der Waals surface area contributed by atoms with Crippen LogP contribution in [0.3, 0.4) is 0 Å². The molecule has 2 aliphatic heterocycles. The number of esters is 2. The molecule has 2 aromatic rings. The second kappa shape index (κ2) is 17.2. The fourth-order valence-corrected chi connectivity index (χ4v) is 4.49. The van der Waals surface area contributed by atoms with Gasteiger partial charge in [-0.3, -0.25) is 14.4 Å². The van der Waals surface area contributed by atoms with Crippen molar-refractivity contribution < 1.29 is 64.5 Å². The van der Waals surface area contributed by atoms with E-state index in [4.69, 9.17) is 9.47 Å². The van der Waals surface area contributed by atoms with Crippen LogP contribution in [0.15, 0.2) is 40.9 Å². The third kappa shape index (κ3) is 11.7. The van der Waals surface area contributed by atoms with Gasteiger partial charge in [0.05, 0.1) is 51.8 Å². The Morgan fingerprint density at radius 2 is 1.40 bits per heavy atom. The van der Waals surface area contributed by atoms with E-state index in [2.05, 4.69) is 30.7 Å². The number of hydrogen-bond donors (Lipinski definition) is 1. The number of anilines is 1. The molecule has 248 valence electrons. The Hall–Kier alpha value is -3.54. The normalized spacial score (nSPS) is 18.3. The van der Waals surface area contributed by atoms with E-state index in [0.717, 1.165) is 30.8 Å². The van der Waals surface area contributed by atoms with Gasteiger partial charge in [-0.15, -0.1) is 0 Å². The fraction of sp³-hybridized carbons (Fsp3) is 0.429. The lowest BCUT2D eigenvalue weighted by Gasteiger charge is -2.35. The fourth-order valence-electron chi connectivity index (χ4n) is 3.98. The van der Waals surface area contributed by atoms with Crippen molar-refractivity contribution in [3.63, 3.8) is 0 Å². The molecule has 0 aliphatic carbocycles. The van der Waals surface area contributed by atoms with E-state index >= 15 is 0 Å². The molecule has 0 radical (unpaired) electrons. The van der Waals surface area contributed by atoms with Crippen molar-refractivity contribution in [3.8, 4) is 0 Å². The van der Waals surface area contributed by atoms with Crippen molar-refractivity contribution in [1.29, 1.82) is 0 Å². The number of morpholine rings is 2. The summed E-state index contributed by atoms with van der Waals surface area (Å²) in [5.41, 5.74) is -1.75. The lowest BCUT2D eigenvalue weighted by molar-refractivity contribution is -0.146. The third-order valence-electron chi connectivity index (χ3n) is 6.13. The van der Waals surface area contributed by atoms with Crippen molar-refractivity contribution >= 4 is 46.1 Å². The third-order valence-corrected chi connectivity index (χ3v) is 6.59. The number of methoxy groups -OCH3 is 2. The maximum absolute atomic E-state index is 12.9. The molecular weight excluding hydrogens is 686 g/mol. The largest absolute Gasteiger partial charge is 0.468 e. The molecule has 2 fully saturated rings. The van der Waals surface area contributed by atoms with E-state index in [1.54, 1.807) is 0 Å². The lowest BCUT2D eigenvalue weighted by Crippen LogP contribution is -2.50. The first-order valence-electron chi connectivity index (χ1n) is 13.0. The predicted octanol–water partition coefficient (Wildman–Crippen LogP) is 4.32. The molecule has 0 saturated carbocycles. The molecule has 2 atom stereocenters. The van der Waals surface area contributed by atoms with Gasteiger partial charge in [0.25, 0.3) is 0 Å². The van der Waals surface area contributed by atoms with Gasteiger partial charge in [-0.25, -0.2) is 4.79 Å². The monoisotopic (exact) mass is 714 g/mol. The summed E-state index contributed by atoms with van der Waals surface area (Å²) in [5, 5.41) is 2.97. The molecule has 45 heavy (non-hydrogen) atoms. The number of aldehydes is 2. The molecule has 0 aromatic heterocycles. The minimum absolute atomic E-state index is 0.00157. The van der Waals surface area contributed by atoms with Crippen molar-refractivity contribution in [2.45, 2.75) is 24.4 Å². The number of hydrogen-bond acceptors (Lipinski definition) is 10. The van der Waals surface area contributed by atoms with Crippen molar-refractivity contribution in [1.82, 2.24) is 5.32 Å². The molecule has 0 bridgehead atoms.